The molecule has 0 unspecified atom stereocenters. The first kappa shape index (κ1) is 16.8. The van der Waals surface area contributed by atoms with Gasteiger partial charge in [0.05, 0.1) is 11.2 Å². The first-order valence-electron chi connectivity index (χ1n) is 7.50. The molecule has 126 valence electrons. The number of anilines is 1. The molecule has 1 aliphatic rings. The van der Waals surface area contributed by atoms with Gasteiger partial charge in [-0.15, -0.1) is 0 Å². The molecule has 1 fully saturated rings. The molecule has 1 aliphatic heterocycles. The Kier molecular flexibility index (Phi) is 4.78. The van der Waals surface area contributed by atoms with Gasteiger partial charge in [0, 0.05) is 30.0 Å². The van der Waals surface area contributed by atoms with Gasteiger partial charge >= 0.3 is 0 Å². The molecule has 0 spiro atoms. The Bertz CT molecular complexity index is 777. The highest BCUT2D eigenvalue weighted by atomic mass is 35.5. The standard InChI is InChI=1S/C16H16Cl2N4O2/c1-11(22-9-13(18)8-19-22)16(24)20-5-6-21(15(23)10-20)14-4-2-3-12(17)7-14/h2-4,7-9,11H,5-6,10H2,1H3/t11-/m0/s1. The van der Waals surface area contributed by atoms with Crippen molar-refractivity contribution in [2.24, 2.45) is 0 Å². The lowest BCUT2D eigenvalue weighted by molar-refractivity contribution is -0.139. The van der Waals surface area contributed by atoms with E-state index in [2.05, 4.69) is 5.10 Å². The second-order valence-electron chi connectivity index (χ2n) is 5.60. The van der Waals surface area contributed by atoms with E-state index < -0.39 is 6.04 Å². The molecule has 1 aromatic carbocycles. The normalized spacial score (nSPS) is 16.4. The van der Waals surface area contributed by atoms with Crippen LogP contribution in [0.4, 0.5) is 5.69 Å². The molecule has 2 heterocycles. The fraction of sp³-hybridized carbons (Fsp3) is 0.312. The molecular weight excluding hydrogens is 351 g/mol. The molecule has 0 saturated carbocycles. The number of benzene rings is 1. The molecule has 0 N–H and O–H groups in total. The molecular formula is C16H16Cl2N4O2. The fourth-order valence-electron chi connectivity index (χ4n) is 2.68. The summed E-state index contributed by atoms with van der Waals surface area (Å²) in [6.07, 6.45) is 3.07. The lowest BCUT2D eigenvalue weighted by Gasteiger charge is -2.35. The number of carbonyl (C=O) groups excluding carboxylic acids is 2. The minimum absolute atomic E-state index is 0.0324. The number of piperazine rings is 1. The Morgan fingerprint density at radius 3 is 2.67 bits per heavy atom. The van der Waals surface area contributed by atoms with E-state index in [-0.39, 0.29) is 18.4 Å². The van der Waals surface area contributed by atoms with E-state index in [4.69, 9.17) is 23.2 Å². The van der Waals surface area contributed by atoms with E-state index in [0.717, 1.165) is 5.69 Å². The van der Waals surface area contributed by atoms with Crippen molar-refractivity contribution in [2.45, 2.75) is 13.0 Å². The van der Waals surface area contributed by atoms with Gasteiger partial charge in [-0.05, 0) is 25.1 Å². The van der Waals surface area contributed by atoms with Gasteiger partial charge in [0.2, 0.25) is 11.8 Å². The predicted molar refractivity (Wildman–Crippen MR) is 92.3 cm³/mol. The Hall–Kier alpha value is -2.05. The van der Waals surface area contributed by atoms with E-state index in [9.17, 15) is 9.59 Å². The van der Waals surface area contributed by atoms with Crippen molar-refractivity contribution in [1.29, 1.82) is 0 Å². The number of hydrogen-bond donors (Lipinski definition) is 0. The molecule has 0 radical (unpaired) electrons. The van der Waals surface area contributed by atoms with Crippen molar-refractivity contribution in [3.8, 4) is 0 Å². The zero-order valence-corrected chi connectivity index (χ0v) is 14.5. The first-order valence-corrected chi connectivity index (χ1v) is 8.25. The first-order chi connectivity index (χ1) is 11.5. The molecule has 2 amide bonds. The molecule has 24 heavy (non-hydrogen) atoms. The van der Waals surface area contributed by atoms with Crippen LogP contribution >= 0.6 is 23.2 Å². The number of aromatic nitrogens is 2. The van der Waals surface area contributed by atoms with Crippen LogP contribution < -0.4 is 4.90 Å². The summed E-state index contributed by atoms with van der Waals surface area (Å²) in [6.45, 7) is 2.65. The zero-order chi connectivity index (χ0) is 17.3. The van der Waals surface area contributed by atoms with Crippen LogP contribution in [0.1, 0.15) is 13.0 Å². The van der Waals surface area contributed by atoms with Crippen molar-refractivity contribution in [1.82, 2.24) is 14.7 Å². The maximum atomic E-state index is 12.6. The number of nitrogens with zero attached hydrogens (tertiary/aromatic N) is 4. The van der Waals surface area contributed by atoms with E-state index in [1.54, 1.807) is 41.1 Å². The van der Waals surface area contributed by atoms with Gasteiger partial charge in [0.1, 0.15) is 12.6 Å². The second-order valence-corrected chi connectivity index (χ2v) is 6.47. The Balaban J connectivity index is 1.69. The number of rotatable bonds is 3. The minimum atomic E-state index is -0.511. The third kappa shape index (κ3) is 3.39. The highest BCUT2D eigenvalue weighted by Gasteiger charge is 2.31. The van der Waals surface area contributed by atoms with E-state index in [0.29, 0.717) is 23.1 Å². The van der Waals surface area contributed by atoms with Gasteiger partial charge in [0.15, 0.2) is 0 Å². The monoisotopic (exact) mass is 366 g/mol. The zero-order valence-electron chi connectivity index (χ0n) is 13.0. The maximum absolute atomic E-state index is 12.6. The summed E-state index contributed by atoms with van der Waals surface area (Å²) in [5, 5.41) is 5.09. The Morgan fingerprint density at radius 2 is 2.04 bits per heavy atom. The van der Waals surface area contributed by atoms with Crippen LogP contribution in [0.3, 0.4) is 0 Å². The largest absolute Gasteiger partial charge is 0.330 e. The average molecular weight is 367 g/mol. The number of halogens is 2. The third-order valence-electron chi connectivity index (χ3n) is 3.98. The average Bonchev–Trinajstić information content (AvgIpc) is 3.00. The predicted octanol–water partition coefficient (Wildman–Crippen LogP) is 2.63. The minimum Gasteiger partial charge on any atom is -0.330 e. The molecule has 6 nitrogen and oxygen atoms in total. The summed E-state index contributed by atoms with van der Waals surface area (Å²) in [7, 11) is 0. The van der Waals surface area contributed by atoms with Crippen molar-refractivity contribution in [3.63, 3.8) is 0 Å². The highest BCUT2D eigenvalue weighted by Crippen LogP contribution is 2.22. The van der Waals surface area contributed by atoms with Gasteiger partial charge in [-0.2, -0.15) is 5.10 Å². The van der Waals surface area contributed by atoms with Crippen LogP contribution in [0.15, 0.2) is 36.7 Å². The Morgan fingerprint density at radius 1 is 1.25 bits per heavy atom. The molecule has 8 heteroatoms. The summed E-state index contributed by atoms with van der Waals surface area (Å²) in [5.74, 6) is -0.295. The van der Waals surface area contributed by atoms with Gasteiger partial charge in [0.25, 0.3) is 0 Å². The molecule has 1 aromatic heterocycles. The van der Waals surface area contributed by atoms with E-state index >= 15 is 0 Å². The maximum Gasteiger partial charge on any atom is 0.247 e. The summed E-state index contributed by atoms with van der Waals surface area (Å²) in [6, 6.07) is 6.61. The second kappa shape index (κ2) is 6.83. The molecule has 1 atom stereocenters. The molecule has 2 aromatic rings. The number of hydrogen-bond acceptors (Lipinski definition) is 3. The quantitative estimate of drug-likeness (QED) is 0.838. The van der Waals surface area contributed by atoms with E-state index in [1.807, 2.05) is 6.07 Å². The molecule has 0 aliphatic carbocycles. The summed E-state index contributed by atoms with van der Waals surface area (Å²) >= 11 is 11.8. The summed E-state index contributed by atoms with van der Waals surface area (Å²) in [5.41, 5.74) is 0.742. The summed E-state index contributed by atoms with van der Waals surface area (Å²) in [4.78, 5) is 28.2. The topological polar surface area (TPSA) is 58.4 Å². The van der Waals surface area contributed by atoms with Crippen LogP contribution in [0.2, 0.25) is 10.0 Å². The Labute approximate surface area is 149 Å². The number of amides is 2. The fourth-order valence-corrected chi connectivity index (χ4v) is 3.01. The van der Waals surface area contributed by atoms with Crippen molar-refractivity contribution < 1.29 is 9.59 Å². The summed E-state index contributed by atoms with van der Waals surface area (Å²) < 4.78 is 1.50. The molecule has 3 rings (SSSR count). The van der Waals surface area contributed by atoms with Crippen LogP contribution in [0.5, 0.6) is 0 Å². The van der Waals surface area contributed by atoms with Crippen molar-refractivity contribution in [2.75, 3.05) is 24.5 Å². The molecule has 1 saturated heterocycles. The highest BCUT2D eigenvalue weighted by molar-refractivity contribution is 6.31. The molecule has 0 bridgehead atoms. The van der Waals surface area contributed by atoms with Crippen molar-refractivity contribution >= 4 is 40.7 Å². The van der Waals surface area contributed by atoms with Crippen LogP contribution in [0.25, 0.3) is 0 Å². The third-order valence-corrected chi connectivity index (χ3v) is 4.41. The lowest BCUT2D eigenvalue weighted by Crippen LogP contribution is -2.53. The van der Waals surface area contributed by atoms with Crippen molar-refractivity contribution in [3.05, 3.63) is 46.7 Å². The van der Waals surface area contributed by atoms with Gasteiger partial charge in [-0.25, -0.2) is 0 Å². The van der Waals surface area contributed by atoms with Gasteiger partial charge in [-0.1, -0.05) is 29.3 Å². The van der Waals surface area contributed by atoms with Gasteiger partial charge < -0.3 is 9.80 Å². The van der Waals surface area contributed by atoms with E-state index in [1.165, 1.54) is 10.9 Å². The number of carbonyl (C=O) groups is 2. The van der Waals surface area contributed by atoms with Crippen LogP contribution in [-0.4, -0.2) is 46.1 Å². The van der Waals surface area contributed by atoms with Crippen LogP contribution in [-0.2, 0) is 9.59 Å². The lowest BCUT2D eigenvalue weighted by atomic mass is 10.2. The van der Waals surface area contributed by atoms with Gasteiger partial charge in [-0.3, -0.25) is 14.3 Å². The SMILES string of the molecule is C[C@@H](C(=O)N1CCN(c2cccc(Cl)c2)C(=O)C1)n1cc(Cl)cn1. The van der Waals surface area contributed by atoms with Crippen LogP contribution in [0, 0.1) is 0 Å². The smallest absolute Gasteiger partial charge is 0.247 e.